The zero-order chi connectivity index (χ0) is 12.5. The molecular formula is C15H12O3. The van der Waals surface area contributed by atoms with Crippen LogP contribution < -0.4 is 0 Å². The molecule has 1 saturated heterocycles. The Morgan fingerprint density at radius 3 is 2.67 bits per heavy atom. The van der Waals surface area contributed by atoms with Gasteiger partial charge in [-0.3, -0.25) is 9.59 Å². The molecule has 0 amide bonds. The van der Waals surface area contributed by atoms with Crippen LogP contribution in [0.4, 0.5) is 0 Å². The van der Waals surface area contributed by atoms with Gasteiger partial charge in [-0.1, -0.05) is 36.4 Å². The molecule has 1 aliphatic heterocycles. The monoisotopic (exact) mass is 240 g/mol. The van der Waals surface area contributed by atoms with Crippen LogP contribution in [0.3, 0.4) is 0 Å². The highest BCUT2D eigenvalue weighted by Gasteiger charge is 2.31. The third-order valence-electron chi connectivity index (χ3n) is 3.18. The van der Waals surface area contributed by atoms with Gasteiger partial charge < -0.3 is 4.74 Å². The Hall–Kier alpha value is -2.16. The van der Waals surface area contributed by atoms with Gasteiger partial charge in [0.2, 0.25) is 0 Å². The zero-order valence-electron chi connectivity index (χ0n) is 9.76. The van der Waals surface area contributed by atoms with E-state index in [4.69, 9.17) is 4.74 Å². The first-order valence-electron chi connectivity index (χ1n) is 5.94. The molecule has 1 aliphatic carbocycles. The molecule has 3 nitrogen and oxygen atoms in total. The SMILES string of the molecule is O=C1C=C2OC(c3ccccc3)CC(=O)C2=CC1. The third kappa shape index (κ3) is 1.88. The molecule has 0 N–H and O–H groups in total. The van der Waals surface area contributed by atoms with Gasteiger partial charge in [0.1, 0.15) is 11.9 Å². The van der Waals surface area contributed by atoms with Gasteiger partial charge in [-0.15, -0.1) is 0 Å². The number of hydrogen-bond acceptors (Lipinski definition) is 3. The number of fused-ring (bicyclic) bond motifs is 1. The first-order valence-corrected chi connectivity index (χ1v) is 5.94. The molecule has 1 heterocycles. The van der Waals surface area contributed by atoms with E-state index in [0.717, 1.165) is 5.56 Å². The van der Waals surface area contributed by atoms with Crippen LogP contribution in [-0.4, -0.2) is 11.6 Å². The second-order valence-electron chi connectivity index (χ2n) is 4.44. The zero-order valence-corrected chi connectivity index (χ0v) is 9.76. The van der Waals surface area contributed by atoms with Crippen LogP contribution in [-0.2, 0) is 14.3 Å². The standard InChI is InChI=1S/C15H12O3/c16-11-6-7-12-13(17)9-14(18-15(12)8-11)10-4-2-1-3-5-10/h1-5,7-8,14H,6,9H2. The molecule has 3 heteroatoms. The highest BCUT2D eigenvalue weighted by molar-refractivity contribution is 6.05. The van der Waals surface area contributed by atoms with Gasteiger partial charge in [-0.2, -0.15) is 0 Å². The molecule has 90 valence electrons. The summed E-state index contributed by atoms with van der Waals surface area (Å²) in [6.07, 6.45) is 3.45. The van der Waals surface area contributed by atoms with Gasteiger partial charge in [-0.25, -0.2) is 0 Å². The quantitative estimate of drug-likeness (QED) is 0.757. The summed E-state index contributed by atoms with van der Waals surface area (Å²) in [5.41, 5.74) is 1.52. The van der Waals surface area contributed by atoms with Crippen molar-refractivity contribution in [2.24, 2.45) is 0 Å². The lowest BCUT2D eigenvalue weighted by Gasteiger charge is -2.28. The van der Waals surface area contributed by atoms with Gasteiger partial charge in [0.25, 0.3) is 0 Å². The van der Waals surface area contributed by atoms with Gasteiger partial charge >= 0.3 is 0 Å². The van der Waals surface area contributed by atoms with E-state index in [0.29, 0.717) is 24.2 Å². The van der Waals surface area contributed by atoms with Crippen molar-refractivity contribution in [2.75, 3.05) is 0 Å². The average molecular weight is 240 g/mol. The largest absolute Gasteiger partial charge is 0.484 e. The van der Waals surface area contributed by atoms with Gasteiger partial charge in [0, 0.05) is 12.5 Å². The maximum absolute atomic E-state index is 12.0. The molecule has 0 radical (unpaired) electrons. The number of Topliss-reactive ketones (excluding diaryl/α,β-unsaturated/α-hetero) is 1. The van der Waals surface area contributed by atoms with Crippen LogP contribution in [0.2, 0.25) is 0 Å². The second-order valence-corrected chi connectivity index (χ2v) is 4.44. The molecule has 0 saturated carbocycles. The predicted molar refractivity (Wildman–Crippen MR) is 65.7 cm³/mol. The van der Waals surface area contributed by atoms with Crippen LogP contribution in [0.5, 0.6) is 0 Å². The van der Waals surface area contributed by atoms with Crippen LogP contribution in [0, 0.1) is 0 Å². The molecule has 1 unspecified atom stereocenters. The molecule has 1 aromatic carbocycles. The summed E-state index contributed by atoms with van der Waals surface area (Å²) >= 11 is 0. The summed E-state index contributed by atoms with van der Waals surface area (Å²) in [5, 5.41) is 0. The summed E-state index contributed by atoms with van der Waals surface area (Å²) in [5.74, 6) is 0.459. The first kappa shape index (κ1) is 11.0. The first-order chi connectivity index (χ1) is 8.74. The summed E-state index contributed by atoms with van der Waals surface area (Å²) in [4.78, 5) is 23.4. The van der Waals surface area contributed by atoms with Gasteiger partial charge in [-0.05, 0) is 5.56 Å². The Kier molecular flexibility index (Phi) is 2.59. The summed E-state index contributed by atoms with van der Waals surface area (Å²) in [6.45, 7) is 0. The highest BCUT2D eigenvalue weighted by atomic mass is 16.5. The number of allylic oxidation sites excluding steroid dienone is 3. The number of ether oxygens (including phenoxy) is 1. The van der Waals surface area contributed by atoms with E-state index in [2.05, 4.69) is 0 Å². The fraction of sp³-hybridized carbons (Fsp3) is 0.200. The van der Waals surface area contributed by atoms with Crippen molar-refractivity contribution in [3.8, 4) is 0 Å². The Labute approximate surface area is 105 Å². The maximum atomic E-state index is 12.0. The molecule has 1 aromatic rings. The van der Waals surface area contributed by atoms with Crippen LogP contribution in [0.25, 0.3) is 0 Å². The highest BCUT2D eigenvalue weighted by Crippen LogP contribution is 2.35. The minimum atomic E-state index is -0.284. The topological polar surface area (TPSA) is 43.4 Å². The Morgan fingerprint density at radius 1 is 1.11 bits per heavy atom. The van der Waals surface area contributed by atoms with Crippen molar-refractivity contribution in [3.05, 3.63) is 59.4 Å². The van der Waals surface area contributed by atoms with Crippen LogP contribution >= 0.6 is 0 Å². The molecule has 3 rings (SSSR count). The summed E-state index contributed by atoms with van der Waals surface area (Å²) in [6, 6.07) is 9.60. The molecule has 0 aromatic heterocycles. The van der Waals surface area contributed by atoms with E-state index in [1.807, 2.05) is 30.3 Å². The number of carbonyl (C=O) groups excluding carboxylic acids is 2. The van der Waals surface area contributed by atoms with E-state index in [-0.39, 0.29) is 17.7 Å². The van der Waals surface area contributed by atoms with Crippen LogP contribution in [0.1, 0.15) is 24.5 Å². The number of benzene rings is 1. The second kappa shape index (κ2) is 4.26. The van der Waals surface area contributed by atoms with E-state index >= 15 is 0 Å². The number of hydrogen-bond donors (Lipinski definition) is 0. The fourth-order valence-electron chi connectivity index (χ4n) is 2.26. The number of rotatable bonds is 1. The van der Waals surface area contributed by atoms with Crippen molar-refractivity contribution < 1.29 is 14.3 Å². The molecule has 2 aliphatic rings. The third-order valence-corrected chi connectivity index (χ3v) is 3.18. The van der Waals surface area contributed by atoms with Gasteiger partial charge in [0.15, 0.2) is 11.6 Å². The smallest absolute Gasteiger partial charge is 0.170 e. The fourth-order valence-corrected chi connectivity index (χ4v) is 2.26. The Morgan fingerprint density at radius 2 is 1.89 bits per heavy atom. The van der Waals surface area contributed by atoms with E-state index in [1.54, 1.807) is 6.08 Å². The normalized spacial score (nSPS) is 22.8. The van der Waals surface area contributed by atoms with Crippen molar-refractivity contribution in [3.63, 3.8) is 0 Å². The predicted octanol–water partition coefficient (Wildman–Crippen LogP) is 2.50. The molecule has 1 fully saturated rings. The lowest BCUT2D eigenvalue weighted by molar-refractivity contribution is -0.120. The van der Waals surface area contributed by atoms with Crippen molar-refractivity contribution in [1.82, 2.24) is 0 Å². The Bertz CT molecular complexity index is 567. The van der Waals surface area contributed by atoms with E-state index in [9.17, 15) is 9.59 Å². The number of ketones is 2. The lowest BCUT2D eigenvalue weighted by atomic mass is 9.92. The van der Waals surface area contributed by atoms with E-state index in [1.165, 1.54) is 6.08 Å². The Balaban J connectivity index is 1.92. The molecule has 1 atom stereocenters. The number of carbonyl (C=O) groups is 2. The van der Waals surface area contributed by atoms with Crippen molar-refractivity contribution in [1.29, 1.82) is 0 Å². The minimum Gasteiger partial charge on any atom is -0.484 e. The van der Waals surface area contributed by atoms with Crippen molar-refractivity contribution >= 4 is 11.6 Å². The molecule has 0 spiro atoms. The minimum absolute atomic E-state index is 0.0183. The summed E-state index contributed by atoms with van der Waals surface area (Å²) in [7, 11) is 0. The molecule has 0 bridgehead atoms. The molecule has 18 heavy (non-hydrogen) atoms. The lowest BCUT2D eigenvalue weighted by Crippen LogP contribution is -2.23. The maximum Gasteiger partial charge on any atom is 0.170 e. The van der Waals surface area contributed by atoms with Crippen LogP contribution in [0.15, 0.2) is 53.8 Å². The van der Waals surface area contributed by atoms with E-state index < -0.39 is 0 Å². The van der Waals surface area contributed by atoms with Gasteiger partial charge in [0.05, 0.1) is 12.0 Å². The van der Waals surface area contributed by atoms with Crippen molar-refractivity contribution in [2.45, 2.75) is 18.9 Å². The summed E-state index contributed by atoms with van der Waals surface area (Å²) < 4.78 is 5.77. The molecular weight excluding hydrogens is 228 g/mol. The average Bonchev–Trinajstić information content (AvgIpc) is 2.39.